The molecule has 2 aliphatic rings. The summed E-state index contributed by atoms with van der Waals surface area (Å²) in [6, 6.07) is 0.350. The number of nitrogens with one attached hydrogen (secondary N) is 1. The Labute approximate surface area is 118 Å². The van der Waals surface area contributed by atoms with E-state index >= 15 is 0 Å². The van der Waals surface area contributed by atoms with Crippen molar-refractivity contribution in [2.24, 2.45) is 0 Å². The van der Waals surface area contributed by atoms with Crippen molar-refractivity contribution in [3.8, 4) is 0 Å². The Bertz CT molecular complexity index is 502. The van der Waals surface area contributed by atoms with Gasteiger partial charge in [-0.3, -0.25) is 0 Å². The fourth-order valence-electron chi connectivity index (χ4n) is 2.19. The molecule has 1 fully saturated rings. The minimum atomic E-state index is -0.00734. The molecule has 1 saturated carbocycles. The Morgan fingerprint density at radius 3 is 2.83 bits per heavy atom. The molecule has 7 heteroatoms. The van der Waals surface area contributed by atoms with E-state index in [1.807, 2.05) is 0 Å². The maximum Gasteiger partial charge on any atom is 0.318 e. The van der Waals surface area contributed by atoms with Gasteiger partial charge in [0.1, 0.15) is 3.70 Å². The number of anilines is 1. The number of nitrogens with zero attached hydrogens (tertiary/aromatic N) is 3. The van der Waals surface area contributed by atoms with Crippen LogP contribution >= 0.6 is 22.6 Å². The molecule has 0 spiro atoms. The molecule has 0 atom stereocenters. The maximum atomic E-state index is 12.0. The van der Waals surface area contributed by atoms with Crippen molar-refractivity contribution in [3.63, 3.8) is 0 Å². The third-order valence-corrected chi connectivity index (χ3v) is 4.36. The molecule has 18 heavy (non-hydrogen) atoms. The molecule has 0 aromatic carbocycles. The molecule has 2 heterocycles. The van der Waals surface area contributed by atoms with Crippen LogP contribution < -0.4 is 11.1 Å². The summed E-state index contributed by atoms with van der Waals surface area (Å²) in [6.45, 7) is 1.10. The lowest BCUT2D eigenvalue weighted by Crippen LogP contribution is -2.45. The van der Waals surface area contributed by atoms with Crippen LogP contribution in [-0.2, 0) is 13.1 Å². The fourth-order valence-corrected chi connectivity index (χ4v) is 2.92. The van der Waals surface area contributed by atoms with Crippen LogP contribution in [0.3, 0.4) is 0 Å². The van der Waals surface area contributed by atoms with Crippen LogP contribution in [0.15, 0.2) is 0 Å². The molecule has 0 unspecified atom stereocenters. The van der Waals surface area contributed by atoms with Crippen molar-refractivity contribution in [1.29, 1.82) is 0 Å². The van der Waals surface area contributed by atoms with E-state index in [2.05, 4.69) is 37.9 Å². The number of hydrogen-bond donors (Lipinski definition) is 2. The van der Waals surface area contributed by atoms with Crippen LogP contribution in [0.2, 0.25) is 0 Å². The highest BCUT2D eigenvalue weighted by atomic mass is 127. The van der Waals surface area contributed by atoms with Gasteiger partial charge in [-0.2, -0.15) is 0 Å². The summed E-state index contributed by atoms with van der Waals surface area (Å²) >= 11 is 2.14. The largest absolute Gasteiger partial charge is 0.368 e. The zero-order valence-corrected chi connectivity index (χ0v) is 12.0. The summed E-state index contributed by atoms with van der Waals surface area (Å²) in [6.07, 6.45) is 3.40. The van der Waals surface area contributed by atoms with E-state index in [1.54, 1.807) is 4.90 Å². The van der Waals surface area contributed by atoms with Gasteiger partial charge in [0.25, 0.3) is 0 Å². The summed E-state index contributed by atoms with van der Waals surface area (Å²) in [7, 11) is 0. The molecule has 6 nitrogen and oxygen atoms in total. The summed E-state index contributed by atoms with van der Waals surface area (Å²) < 4.78 is 0.842. The van der Waals surface area contributed by atoms with Crippen LogP contribution in [0, 0.1) is 3.70 Å². The maximum absolute atomic E-state index is 12.0. The minimum absolute atomic E-state index is 0.00734. The lowest BCUT2D eigenvalue weighted by atomic mass is 9.93. The van der Waals surface area contributed by atoms with Crippen LogP contribution in [0.5, 0.6) is 0 Å². The zero-order valence-electron chi connectivity index (χ0n) is 9.82. The van der Waals surface area contributed by atoms with Crippen molar-refractivity contribution >= 4 is 34.6 Å². The van der Waals surface area contributed by atoms with E-state index in [0.717, 1.165) is 27.8 Å². The summed E-state index contributed by atoms with van der Waals surface area (Å²) in [4.78, 5) is 22.1. The second-order valence-corrected chi connectivity index (χ2v) is 5.75. The lowest BCUT2D eigenvalue weighted by Gasteiger charge is -2.28. The minimum Gasteiger partial charge on any atom is -0.368 e. The third kappa shape index (κ3) is 2.11. The van der Waals surface area contributed by atoms with Gasteiger partial charge in [-0.05, 0) is 41.9 Å². The average Bonchev–Trinajstić information content (AvgIpc) is 2.67. The smallest absolute Gasteiger partial charge is 0.318 e. The number of carbonyl (C=O) groups is 1. The van der Waals surface area contributed by atoms with Gasteiger partial charge in [0.15, 0.2) is 0 Å². The van der Waals surface area contributed by atoms with E-state index in [4.69, 9.17) is 5.73 Å². The van der Waals surface area contributed by atoms with Gasteiger partial charge >= 0.3 is 6.03 Å². The Morgan fingerprint density at radius 2 is 2.17 bits per heavy atom. The first-order chi connectivity index (χ1) is 8.63. The van der Waals surface area contributed by atoms with Gasteiger partial charge in [-0.25, -0.2) is 14.8 Å². The van der Waals surface area contributed by atoms with Crippen LogP contribution in [0.4, 0.5) is 10.7 Å². The molecule has 96 valence electrons. The van der Waals surface area contributed by atoms with Gasteiger partial charge < -0.3 is 16.0 Å². The fraction of sp³-hybridized carbons (Fsp3) is 0.545. The Morgan fingerprint density at radius 1 is 1.39 bits per heavy atom. The number of urea groups is 1. The highest BCUT2D eigenvalue weighted by molar-refractivity contribution is 14.1. The quantitative estimate of drug-likeness (QED) is 0.584. The summed E-state index contributed by atoms with van der Waals surface area (Å²) in [5.74, 6) is 0.277. The van der Waals surface area contributed by atoms with Gasteiger partial charge in [0.05, 0.1) is 18.8 Å². The molecule has 1 aromatic rings. The van der Waals surface area contributed by atoms with Crippen LogP contribution in [-0.4, -0.2) is 26.9 Å². The number of nitrogen functional groups attached to an aromatic ring is 1. The number of carbonyl (C=O) groups excluding carboxylic acids is 1. The Balaban J connectivity index is 1.72. The van der Waals surface area contributed by atoms with Crippen molar-refractivity contribution in [2.45, 2.75) is 38.4 Å². The summed E-state index contributed by atoms with van der Waals surface area (Å²) in [5.41, 5.74) is 7.51. The molecule has 0 radical (unpaired) electrons. The normalized spacial score (nSPS) is 18.4. The number of rotatable bonds is 1. The molecule has 0 bridgehead atoms. The van der Waals surface area contributed by atoms with Gasteiger partial charge in [0.2, 0.25) is 5.95 Å². The molecule has 3 rings (SSSR count). The molecular formula is C11H14IN5O. The third-order valence-electron chi connectivity index (χ3n) is 3.47. The molecule has 0 saturated heterocycles. The Kier molecular flexibility index (Phi) is 3.00. The molecule has 2 amide bonds. The zero-order chi connectivity index (χ0) is 12.7. The Hall–Kier alpha value is -1.12. The molecule has 1 aromatic heterocycles. The predicted molar refractivity (Wildman–Crippen MR) is 74.6 cm³/mol. The van der Waals surface area contributed by atoms with Crippen LogP contribution in [0.1, 0.15) is 30.5 Å². The molecule has 1 aliphatic carbocycles. The topological polar surface area (TPSA) is 84.1 Å². The van der Waals surface area contributed by atoms with E-state index in [0.29, 0.717) is 19.1 Å². The van der Waals surface area contributed by atoms with Crippen LogP contribution in [0.25, 0.3) is 0 Å². The highest BCUT2D eigenvalue weighted by Gasteiger charge is 2.29. The number of amides is 2. The van der Waals surface area contributed by atoms with E-state index in [-0.39, 0.29) is 12.0 Å². The first-order valence-corrected chi connectivity index (χ1v) is 7.07. The van der Waals surface area contributed by atoms with E-state index < -0.39 is 0 Å². The van der Waals surface area contributed by atoms with Gasteiger partial charge in [0, 0.05) is 11.6 Å². The second-order valence-electron chi connectivity index (χ2n) is 4.73. The molecule has 3 N–H and O–H groups in total. The van der Waals surface area contributed by atoms with Crippen molar-refractivity contribution in [2.75, 3.05) is 5.73 Å². The monoisotopic (exact) mass is 359 g/mol. The first kappa shape index (κ1) is 11.9. The van der Waals surface area contributed by atoms with Crippen molar-refractivity contribution in [1.82, 2.24) is 20.2 Å². The first-order valence-electron chi connectivity index (χ1n) is 5.99. The predicted octanol–water partition coefficient (Wildman–Crippen LogP) is 1.24. The number of fused-ring (bicyclic) bond motifs is 1. The second kappa shape index (κ2) is 4.52. The molecular weight excluding hydrogens is 345 g/mol. The number of hydrogen-bond acceptors (Lipinski definition) is 4. The van der Waals surface area contributed by atoms with Gasteiger partial charge in [-0.15, -0.1) is 0 Å². The van der Waals surface area contributed by atoms with Gasteiger partial charge in [-0.1, -0.05) is 0 Å². The van der Waals surface area contributed by atoms with E-state index in [1.165, 1.54) is 6.42 Å². The standard InChI is InChI=1S/C11H14IN5O/c12-9-7-4-17(5-8(7)15-10(13)16-9)11(18)14-6-2-1-3-6/h6H,1-5H2,(H,14,18)(H2,13,15,16). The van der Waals surface area contributed by atoms with E-state index in [9.17, 15) is 4.79 Å². The summed E-state index contributed by atoms with van der Waals surface area (Å²) in [5, 5.41) is 3.03. The molecule has 1 aliphatic heterocycles. The SMILES string of the molecule is Nc1nc(I)c2c(n1)CN(C(=O)NC1CCC1)C2. The highest BCUT2D eigenvalue weighted by Crippen LogP contribution is 2.26. The average molecular weight is 359 g/mol. The number of halogens is 1. The van der Waals surface area contributed by atoms with Crippen molar-refractivity contribution in [3.05, 3.63) is 15.0 Å². The lowest BCUT2D eigenvalue weighted by molar-refractivity contribution is 0.186. The number of nitrogens with two attached hydrogens (primary N) is 1. The van der Waals surface area contributed by atoms with Crippen molar-refractivity contribution < 1.29 is 4.79 Å². The number of aromatic nitrogens is 2.